The Hall–Kier alpha value is -3.19. The molecule has 1 unspecified atom stereocenters. The summed E-state index contributed by atoms with van der Waals surface area (Å²) in [5.74, 6) is -0.469. The van der Waals surface area contributed by atoms with Gasteiger partial charge in [-0.1, -0.05) is 69.3 Å². The predicted molar refractivity (Wildman–Crippen MR) is 149 cm³/mol. The molecule has 0 saturated carbocycles. The summed E-state index contributed by atoms with van der Waals surface area (Å²) >= 11 is 0. The number of rotatable bonds is 8. The van der Waals surface area contributed by atoms with E-state index in [0.717, 1.165) is 24.0 Å². The third-order valence-corrected chi connectivity index (χ3v) is 6.98. The van der Waals surface area contributed by atoms with Crippen LogP contribution in [0.15, 0.2) is 66.7 Å². The van der Waals surface area contributed by atoms with Crippen LogP contribution in [0.25, 0.3) is 11.1 Å². The van der Waals surface area contributed by atoms with Crippen LogP contribution in [-0.4, -0.2) is 45.1 Å². The third-order valence-electron chi connectivity index (χ3n) is 6.53. The summed E-state index contributed by atoms with van der Waals surface area (Å²) in [6.45, 7) is 10.2. The van der Waals surface area contributed by atoms with Crippen LogP contribution in [0.1, 0.15) is 58.6 Å². The zero-order valence-electron chi connectivity index (χ0n) is 22.5. The maximum absolute atomic E-state index is 13.7. The van der Waals surface area contributed by atoms with E-state index in [9.17, 15) is 14.2 Å². The van der Waals surface area contributed by atoms with Gasteiger partial charge in [-0.05, 0) is 66.5 Å². The number of likely N-dealkylation sites (tertiary alicyclic amines) is 1. The number of phosphoric acid groups is 1. The number of carbonyl (C=O) groups is 2. The lowest BCUT2D eigenvalue weighted by Gasteiger charge is -2.35. The Bertz CT molecular complexity index is 1240. The molecule has 2 aromatic carbocycles. The van der Waals surface area contributed by atoms with Gasteiger partial charge in [0.05, 0.1) is 6.04 Å². The number of hydrogen-bond acceptors (Lipinski definition) is 4. The van der Waals surface area contributed by atoms with E-state index in [-0.39, 0.29) is 17.7 Å². The first-order valence-corrected chi connectivity index (χ1v) is 14.2. The van der Waals surface area contributed by atoms with E-state index in [1.165, 1.54) is 18.2 Å². The first-order chi connectivity index (χ1) is 17.7. The Morgan fingerprint density at radius 2 is 1.63 bits per heavy atom. The van der Waals surface area contributed by atoms with Crippen molar-refractivity contribution >= 4 is 30.8 Å². The molecule has 2 amide bonds. The quantitative estimate of drug-likeness (QED) is 0.314. The second kappa shape index (κ2) is 12.1. The Morgan fingerprint density at radius 3 is 2.21 bits per heavy atom. The first kappa shape index (κ1) is 29.4. The fourth-order valence-corrected chi connectivity index (χ4v) is 4.92. The van der Waals surface area contributed by atoms with E-state index >= 15 is 0 Å². The lowest BCUT2D eigenvalue weighted by atomic mass is 9.85. The van der Waals surface area contributed by atoms with Crippen molar-refractivity contribution in [3.8, 4) is 5.75 Å². The maximum Gasteiger partial charge on any atom is 0.524 e. The molecule has 1 aliphatic rings. The van der Waals surface area contributed by atoms with E-state index in [1.807, 2.05) is 43.9 Å². The molecule has 3 N–H and O–H groups in total. The number of nitrogens with one attached hydrogen (secondary N) is 1. The zero-order valence-corrected chi connectivity index (χ0v) is 23.4. The Kier molecular flexibility index (Phi) is 9.36. The highest BCUT2D eigenvalue weighted by atomic mass is 31.2. The van der Waals surface area contributed by atoms with Crippen LogP contribution < -0.4 is 9.84 Å². The van der Waals surface area contributed by atoms with E-state index < -0.39 is 25.2 Å². The molecule has 2 aromatic rings. The van der Waals surface area contributed by atoms with Crippen LogP contribution >= 0.6 is 7.82 Å². The molecule has 0 aromatic heterocycles. The standard InChI is InChI=1S/C29H37N2O6P/c1-20(22-10-7-6-8-11-22)18-24-12-9-17-31(24)28(33)27(29(3,4)5)30-26(32)19-21(2)23-13-15-25(16-14-23)37-38(34,35)36/h6-8,10-11,13-16,18-19,24,27H,9,12,17H2,1-5H3,(H,30,32)(H2,34,35,36)/b20-18+,21-19+/t24?,27-/m1/s1. The molecule has 1 aliphatic heterocycles. The molecule has 38 heavy (non-hydrogen) atoms. The highest BCUT2D eigenvalue weighted by molar-refractivity contribution is 7.46. The summed E-state index contributed by atoms with van der Waals surface area (Å²) in [5.41, 5.74) is 3.03. The van der Waals surface area contributed by atoms with Crippen molar-refractivity contribution in [2.24, 2.45) is 5.41 Å². The summed E-state index contributed by atoms with van der Waals surface area (Å²) in [7, 11) is -4.65. The van der Waals surface area contributed by atoms with Gasteiger partial charge >= 0.3 is 7.82 Å². The highest BCUT2D eigenvalue weighted by Crippen LogP contribution is 2.37. The first-order valence-electron chi connectivity index (χ1n) is 12.6. The van der Waals surface area contributed by atoms with Crippen LogP contribution in [0.5, 0.6) is 5.75 Å². The number of nitrogens with zero attached hydrogens (tertiary/aromatic N) is 1. The molecular weight excluding hydrogens is 503 g/mol. The lowest BCUT2D eigenvalue weighted by Crippen LogP contribution is -2.55. The monoisotopic (exact) mass is 540 g/mol. The van der Waals surface area contributed by atoms with Crippen molar-refractivity contribution in [1.29, 1.82) is 0 Å². The van der Waals surface area contributed by atoms with Gasteiger partial charge in [-0.3, -0.25) is 19.4 Å². The average molecular weight is 541 g/mol. The topological polar surface area (TPSA) is 116 Å². The van der Waals surface area contributed by atoms with Gasteiger partial charge in [0.2, 0.25) is 11.8 Å². The molecule has 1 fully saturated rings. The number of phosphoric ester groups is 1. The maximum atomic E-state index is 13.7. The van der Waals surface area contributed by atoms with Crippen LogP contribution in [0.3, 0.4) is 0 Å². The molecule has 1 heterocycles. The van der Waals surface area contributed by atoms with Gasteiger partial charge in [0.15, 0.2) is 0 Å². The fraction of sp³-hybridized carbons (Fsp3) is 0.379. The molecule has 8 nitrogen and oxygen atoms in total. The molecule has 2 atom stereocenters. The Balaban J connectivity index is 1.75. The number of carbonyl (C=O) groups excluding carboxylic acids is 2. The van der Waals surface area contributed by atoms with Crippen LogP contribution in [0.4, 0.5) is 0 Å². The lowest BCUT2D eigenvalue weighted by molar-refractivity contribution is -0.138. The van der Waals surface area contributed by atoms with Crippen LogP contribution in [0.2, 0.25) is 0 Å². The number of hydrogen-bond donors (Lipinski definition) is 3. The molecule has 1 saturated heterocycles. The van der Waals surface area contributed by atoms with Gasteiger partial charge in [-0.25, -0.2) is 4.57 Å². The van der Waals surface area contributed by atoms with Crippen LogP contribution in [0, 0.1) is 5.41 Å². The minimum atomic E-state index is -4.65. The average Bonchev–Trinajstić information content (AvgIpc) is 3.29. The third kappa shape index (κ3) is 8.15. The minimum absolute atomic E-state index is 0.0226. The van der Waals surface area contributed by atoms with E-state index in [4.69, 9.17) is 9.79 Å². The van der Waals surface area contributed by atoms with Gasteiger partial charge in [-0.15, -0.1) is 0 Å². The van der Waals surface area contributed by atoms with Gasteiger partial charge in [0.25, 0.3) is 0 Å². The summed E-state index contributed by atoms with van der Waals surface area (Å²) in [6, 6.07) is 15.4. The molecule has 0 aliphatic carbocycles. The van der Waals surface area contributed by atoms with Crippen molar-refractivity contribution in [2.75, 3.05) is 6.54 Å². The normalized spacial score (nSPS) is 17.8. The highest BCUT2D eigenvalue weighted by Gasteiger charge is 2.39. The largest absolute Gasteiger partial charge is 0.524 e. The second-order valence-electron chi connectivity index (χ2n) is 10.7. The predicted octanol–water partition coefficient (Wildman–Crippen LogP) is 5.19. The van der Waals surface area contributed by atoms with Gasteiger partial charge in [0, 0.05) is 12.6 Å². The van der Waals surface area contributed by atoms with E-state index in [0.29, 0.717) is 17.7 Å². The van der Waals surface area contributed by atoms with Crippen molar-refractivity contribution < 1.29 is 28.5 Å². The van der Waals surface area contributed by atoms with E-state index in [1.54, 1.807) is 19.1 Å². The molecule has 3 rings (SSSR count). The molecular formula is C29H37N2O6P. The molecule has 0 bridgehead atoms. The summed E-state index contributed by atoms with van der Waals surface area (Å²) in [4.78, 5) is 46.5. The fourth-order valence-electron chi connectivity index (χ4n) is 4.52. The number of amides is 2. The summed E-state index contributed by atoms with van der Waals surface area (Å²) in [6.07, 6.45) is 5.35. The van der Waals surface area contributed by atoms with Crippen LogP contribution in [-0.2, 0) is 14.2 Å². The number of benzene rings is 2. The summed E-state index contributed by atoms with van der Waals surface area (Å²) < 4.78 is 15.6. The van der Waals surface area contributed by atoms with Crippen molar-refractivity contribution in [2.45, 2.75) is 59.5 Å². The second-order valence-corrected chi connectivity index (χ2v) is 11.9. The molecule has 9 heteroatoms. The van der Waals surface area contributed by atoms with E-state index in [2.05, 4.69) is 35.0 Å². The molecule has 0 spiro atoms. The van der Waals surface area contributed by atoms with Crippen molar-refractivity contribution in [3.05, 3.63) is 77.9 Å². The molecule has 204 valence electrons. The van der Waals surface area contributed by atoms with Gasteiger partial charge in [-0.2, -0.15) is 0 Å². The molecule has 0 radical (unpaired) electrons. The zero-order chi connectivity index (χ0) is 28.1. The Labute approximate surface area is 224 Å². The Morgan fingerprint density at radius 1 is 1.03 bits per heavy atom. The van der Waals surface area contributed by atoms with Gasteiger partial charge in [0.1, 0.15) is 11.8 Å². The smallest absolute Gasteiger partial charge is 0.404 e. The minimum Gasteiger partial charge on any atom is -0.404 e. The van der Waals surface area contributed by atoms with Crippen molar-refractivity contribution in [1.82, 2.24) is 10.2 Å². The summed E-state index contributed by atoms with van der Waals surface area (Å²) in [5, 5.41) is 2.93. The van der Waals surface area contributed by atoms with Gasteiger partial charge < -0.3 is 14.7 Å². The SMILES string of the molecule is C/C(=C\C1CCCN1C(=O)[C@@H](NC(=O)/C=C(\C)c1ccc(OP(=O)(O)O)cc1)C(C)(C)C)c1ccccc1. The van der Waals surface area contributed by atoms with Crippen molar-refractivity contribution in [3.63, 3.8) is 0 Å². The number of allylic oxidation sites excluding steroid dienone is 2.